The van der Waals surface area contributed by atoms with Gasteiger partial charge in [-0.1, -0.05) is 0 Å². The highest BCUT2D eigenvalue weighted by atomic mass is 16.5. The van der Waals surface area contributed by atoms with Gasteiger partial charge in [-0.05, 0) is 37.3 Å². The van der Waals surface area contributed by atoms with E-state index in [1.54, 1.807) is 25.4 Å². The van der Waals surface area contributed by atoms with E-state index < -0.39 is 11.5 Å². The van der Waals surface area contributed by atoms with Crippen molar-refractivity contribution in [2.45, 2.75) is 25.8 Å². The predicted octanol–water partition coefficient (Wildman–Crippen LogP) is 0.968. The van der Waals surface area contributed by atoms with Crippen molar-refractivity contribution in [3.63, 3.8) is 0 Å². The van der Waals surface area contributed by atoms with E-state index in [-0.39, 0.29) is 5.69 Å². The summed E-state index contributed by atoms with van der Waals surface area (Å²) in [6.45, 7) is 1.58. The highest BCUT2D eigenvalue weighted by Crippen LogP contribution is 2.27. The van der Waals surface area contributed by atoms with Crippen LogP contribution in [0.5, 0.6) is 0 Å². The lowest BCUT2D eigenvalue weighted by atomic mass is 10.3. The number of hydrogen-bond acceptors (Lipinski definition) is 5. The van der Waals surface area contributed by atoms with Crippen LogP contribution in [0.4, 0.5) is 0 Å². The summed E-state index contributed by atoms with van der Waals surface area (Å²) in [7, 11) is 1.61. The fraction of sp³-hybridized carbons (Fsp3) is 0.500. The molecule has 23 heavy (non-hydrogen) atoms. The molecule has 0 radical (unpaired) electrons. The van der Waals surface area contributed by atoms with Gasteiger partial charge in [0, 0.05) is 33.0 Å². The first kappa shape index (κ1) is 15.6. The molecular weight excluding hydrogens is 296 g/mol. The average molecular weight is 316 g/mol. The number of methoxy groups -OCH3 is 1. The Morgan fingerprint density at radius 3 is 3.04 bits per heavy atom. The fourth-order valence-corrected chi connectivity index (χ4v) is 2.44. The first-order chi connectivity index (χ1) is 11.2. The maximum atomic E-state index is 12.6. The summed E-state index contributed by atoms with van der Waals surface area (Å²) in [6.07, 6.45) is 4.55. The van der Waals surface area contributed by atoms with Gasteiger partial charge in [-0.2, -0.15) is 0 Å². The second-order valence-corrected chi connectivity index (χ2v) is 5.76. The second kappa shape index (κ2) is 6.87. The Labute approximate surface area is 133 Å². The van der Waals surface area contributed by atoms with Gasteiger partial charge in [0.2, 0.25) is 0 Å². The first-order valence-corrected chi connectivity index (χ1v) is 7.83. The van der Waals surface area contributed by atoms with Crippen LogP contribution in [0.1, 0.15) is 29.8 Å². The number of nitrogens with zero attached hydrogens (tertiary/aromatic N) is 3. The van der Waals surface area contributed by atoms with Gasteiger partial charge in [-0.3, -0.25) is 14.2 Å². The molecule has 7 heteroatoms. The number of ether oxygens (including phenoxy) is 1. The van der Waals surface area contributed by atoms with E-state index in [1.807, 2.05) is 0 Å². The molecule has 1 aliphatic rings. The van der Waals surface area contributed by atoms with E-state index in [1.165, 1.54) is 4.57 Å². The zero-order valence-corrected chi connectivity index (χ0v) is 13.1. The zero-order valence-electron chi connectivity index (χ0n) is 13.1. The summed E-state index contributed by atoms with van der Waals surface area (Å²) in [5, 5.41) is 2.80. The molecule has 1 saturated carbocycles. The number of carbonyl (C=O) groups is 1. The molecule has 7 nitrogen and oxygen atoms in total. The Hall–Kier alpha value is -2.28. The molecule has 0 aromatic carbocycles. The van der Waals surface area contributed by atoms with Crippen LogP contribution in [-0.2, 0) is 11.3 Å². The third-order valence-corrected chi connectivity index (χ3v) is 3.90. The van der Waals surface area contributed by atoms with Gasteiger partial charge in [0.05, 0.1) is 0 Å². The Kier molecular flexibility index (Phi) is 4.66. The van der Waals surface area contributed by atoms with Crippen molar-refractivity contribution < 1.29 is 9.53 Å². The molecule has 1 amide bonds. The Balaban J connectivity index is 1.94. The van der Waals surface area contributed by atoms with Gasteiger partial charge in [0.25, 0.3) is 11.5 Å². The summed E-state index contributed by atoms with van der Waals surface area (Å²) in [5.41, 5.74) is 0.567. The van der Waals surface area contributed by atoms with E-state index in [0.29, 0.717) is 43.2 Å². The van der Waals surface area contributed by atoms with Crippen LogP contribution in [0.15, 0.2) is 23.1 Å². The molecule has 0 unspecified atom stereocenters. The van der Waals surface area contributed by atoms with Gasteiger partial charge in [-0.15, -0.1) is 0 Å². The van der Waals surface area contributed by atoms with Crippen LogP contribution < -0.4 is 10.9 Å². The fourth-order valence-electron chi connectivity index (χ4n) is 2.44. The van der Waals surface area contributed by atoms with E-state index in [9.17, 15) is 9.59 Å². The number of aromatic nitrogens is 3. The minimum Gasteiger partial charge on any atom is -0.385 e. The predicted molar refractivity (Wildman–Crippen MR) is 85.3 cm³/mol. The van der Waals surface area contributed by atoms with Crippen LogP contribution in [0.3, 0.4) is 0 Å². The summed E-state index contributed by atoms with van der Waals surface area (Å²) in [5.74, 6) is 0.137. The normalized spacial score (nSPS) is 14.1. The van der Waals surface area contributed by atoms with E-state index in [4.69, 9.17) is 4.74 Å². The van der Waals surface area contributed by atoms with Gasteiger partial charge in [0.15, 0.2) is 11.3 Å². The summed E-state index contributed by atoms with van der Waals surface area (Å²) in [4.78, 5) is 33.4. The topological polar surface area (TPSA) is 86.1 Å². The minimum absolute atomic E-state index is 0.0661. The number of pyridine rings is 1. The van der Waals surface area contributed by atoms with Crippen molar-refractivity contribution in [3.05, 3.63) is 34.4 Å². The van der Waals surface area contributed by atoms with Gasteiger partial charge in [-0.25, -0.2) is 9.97 Å². The number of amides is 1. The summed E-state index contributed by atoms with van der Waals surface area (Å²) in [6, 6.07) is 3.50. The maximum Gasteiger partial charge on any atom is 0.283 e. The molecule has 0 atom stereocenters. The largest absolute Gasteiger partial charge is 0.385 e. The number of rotatable bonds is 7. The second-order valence-electron chi connectivity index (χ2n) is 5.76. The number of carbonyl (C=O) groups excluding carboxylic acids is 1. The highest BCUT2D eigenvalue weighted by molar-refractivity contribution is 5.93. The smallest absolute Gasteiger partial charge is 0.283 e. The van der Waals surface area contributed by atoms with Crippen molar-refractivity contribution in [2.24, 2.45) is 5.92 Å². The first-order valence-electron chi connectivity index (χ1n) is 7.83. The maximum absolute atomic E-state index is 12.6. The van der Waals surface area contributed by atoms with Crippen LogP contribution in [-0.4, -0.2) is 40.7 Å². The van der Waals surface area contributed by atoms with Crippen molar-refractivity contribution in [1.82, 2.24) is 19.9 Å². The van der Waals surface area contributed by atoms with E-state index in [0.717, 1.165) is 12.8 Å². The Morgan fingerprint density at radius 2 is 2.30 bits per heavy atom. The number of aryl methyl sites for hydroxylation is 1. The van der Waals surface area contributed by atoms with E-state index in [2.05, 4.69) is 15.3 Å². The molecule has 1 aliphatic carbocycles. The quantitative estimate of drug-likeness (QED) is 0.769. The zero-order chi connectivity index (χ0) is 16.2. The van der Waals surface area contributed by atoms with Crippen LogP contribution in [0, 0.1) is 5.92 Å². The van der Waals surface area contributed by atoms with Crippen molar-refractivity contribution >= 4 is 17.1 Å². The minimum atomic E-state index is -0.409. The Bertz CT molecular complexity index is 767. The molecule has 2 aromatic rings. The highest BCUT2D eigenvalue weighted by Gasteiger charge is 2.24. The number of fused-ring (bicyclic) bond motifs is 1. The van der Waals surface area contributed by atoms with Gasteiger partial charge in [0.1, 0.15) is 5.52 Å². The average Bonchev–Trinajstić information content (AvgIpc) is 3.39. The molecule has 1 fully saturated rings. The molecule has 0 spiro atoms. The lowest BCUT2D eigenvalue weighted by Gasteiger charge is -2.11. The molecule has 1 N–H and O–H groups in total. The standard InChI is InChI=1S/C16H20N4O3/c1-23-9-3-8-20-14-12(4-2-7-17-14)19-13(16(20)22)15(21)18-10-11-5-6-11/h2,4,7,11H,3,5-6,8-10H2,1H3,(H,18,21). The van der Waals surface area contributed by atoms with Gasteiger partial charge < -0.3 is 10.1 Å². The Morgan fingerprint density at radius 1 is 1.48 bits per heavy atom. The molecule has 122 valence electrons. The van der Waals surface area contributed by atoms with Crippen molar-refractivity contribution in [3.8, 4) is 0 Å². The van der Waals surface area contributed by atoms with Crippen LogP contribution >= 0.6 is 0 Å². The molecular formula is C16H20N4O3. The van der Waals surface area contributed by atoms with Crippen LogP contribution in [0.25, 0.3) is 11.2 Å². The lowest BCUT2D eigenvalue weighted by molar-refractivity contribution is 0.0945. The van der Waals surface area contributed by atoms with E-state index >= 15 is 0 Å². The molecule has 2 heterocycles. The van der Waals surface area contributed by atoms with Crippen LogP contribution in [0.2, 0.25) is 0 Å². The lowest BCUT2D eigenvalue weighted by Crippen LogP contribution is -2.36. The molecule has 0 bridgehead atoms. The molecule has 3 rings (SSSR count). The third-order valence-electron chi connectivity index (χ3n) is 3.90. The number of nitrogens with one attached hydrogen (secondary N) is 1. The summed E-state index contributed by atoms with van der Waals surface area (Å²) >= 11 is 0. The van der Waals surface area contributed by atoms with Crippen molar-refractivity contribution in [2.75, 3.05) is 20.3 Å². The third kappa shape index (κ3) is 3.56. The molecule has 2 aromatic heterocycles. The van der Waals surface area contributed by atoms with Gasteiger partial charge >= 0.3 is 0 Å². The monoisotopic (exact) mass is 316 g/mol. The number of hydrogen-bond donors (Lipinski definition) is 1. The van der Waals surface area contributed by atoms with Crippen molar-refractivity contribution in [1.29, 1.82) is 0 Å². The SMILES string of the molecule is COCCCn1c(=O)c(C(=O)NCC2CC2)nc2cccnc21. The molecule has 0 saturated heterocycles. The molecule has 0 aliphatic heterocycles. The summed E-state index contributed by atoms with van der Waals surface area (Å²) < 4.78 is 6.54.